The molecule has 1 saturated heterocycles. The van der Waals surface area contributed by atoms with Crippen LogP contribution in [0.2, 0.25) is 0 Å². The Bertz CT molecular complexity index is 1010. The van der Waals surface area contributed by atoms with Gasteiger partial charge in [0.1, 0.15) is 11.5 Å². The zero-order valence-electron chi connectivity index (χ0n) is 16.8. The standard InChI is InChI=1S/C24H24N2O4/c1-17-5-2-7-21(15-17)30-20-11-9-19(10-12-20)25-23(27)18-6-3-13-26(16-18)24(28)22-8-4-14-29-22/h2,4-5,7-12,14-15,18H,3,6,13,16H2,1H3,(H,25,27). The Balaban J connectivity index is 1.34. The van der Waals surface area contributed by atoms with Crippen molar-refractivity contribution < 1.29 is 18.7 Å². The van der Waals surface area contributed by atoms with Gasteiger partial charge in [-0.05, 0) is 73.9 Å². The first-order valence-corrected chi connectivity index (χ1v) is 10.1. The van der Waals surface area contributed by atoms with E-state index in [1.807, 2.05) is 55.5 Å². The Kier molecular flexibility index (Phi) is 5.84. The van der Waals surface area contributed by atoms with Gasteiger partial charge in [0, 0.05) is 18.8 Å². The SMILES string of the molecule is Cc1cccc(Oc2ccc(NC(=O)C3CCCN(C(=O)c4ccco4)C3)cc2)c1. The van der Waals surface area contributed by atoms with Crippen LogP contribution in [0.3, 0.4) is 0 Å². The van der Waals surface area contributed by atoms with E-state index < -0.39 is 0 Å². The maximum Gasteiger partial charge on any atom is 0.289 e. The highest BCUT2D eigenvalue weighted by Gasteiger charge is 2.29. The van der Waals surface area contributed by atoms with Gasteiger partial charge in [-0.25, -0.2) is 0 Å². The van der Waals surface area contributed by atoms with Gasteiger partial charge in [0.25, 0.3) is 5.91 Å². The Hall–Kier alpha value is -3.54. The Morgan fingerprint density at radius 1 is 1.07 bits per heavy atom. The van der Waals surface area contributed by atoms with Crippen molar-refractivity contribution in [3.05, 3.63) is 78.3 Å². The van der Waals surface area contributed by atoms with Gasteiger partial charge < -0.3 is 19.4 Å². The molecule has 0 radical (unpaired) electrons. The summed E-state index contributed by atoms with van der Waals surface area (Å²) in [6, 6.07) is 18.5. The second kappa shape index (κ2) is 8.86. The molecule has 30 heavy (non-hydrogen) atoms. The lowest BCUT2D eigenvalue weighted by molar-refractivity contribution is -0.121. The molecule has 1 atom stereocenters. The third kappa shape index (κ3) is 4.71. The predicted octanol–water partition coefficient (Wildman–Crippen LogP) is 4.87. The molecule has 1 N–H and O–H groups in total. The normalized spacial score (nSPS) is 16.2. The number of piperidine rings is 1. The first-order chi connectivity index (χ1) is 14.6. The molecule has 1 unspecified atom stereocenters. The van der Waals surface area contributed by atoms with Gasteiger partial charge in [-0.2, -0.15) is 0 Å². The number of nitrogens with one attached hydrogen (secondary N) is 1. The van der Waals surface area contributed by atoms with Crippen molar-refractivity contribution in [1.29, 1.82) is 0 Å². The molecule has 0 bridgehead atoms. The van der Waals surface area contributed by atoms with Crippen molar-refractivity contribution in [2.24, 2.45) is 5.92 Å². The molecule has 4 rings (SSSR count). The van der Waals surface area contributed by atoms with E-state index in [-0.39, 0.29) is 17.7 Å². The smallest absolute Gasteiger partial charge is 0.289 e. The fraction of sp³-hybridized carbons (Fsp3) is 0.250. The average Bonchev–Trinajstić information content (AvgIpc) is 3.30. The predicted molar refractivity (Wildman–Crippen MR) is 114 cm³/mol. The van der Waals surface area contributed by atoms with Gasteiger partial charge in [0.15, 0.2) is 5.76 Å². The third-order valence-electron chi connectivity index (χ3n) is 5.16. The van der Waals surface area contributed by atoms with Gasteiger partial charge >= 0.3 is 0 Å². The number of amides is 2. The minimum atomic E-state index is -0.249. The van der Waals surface area contributed by atoms with E-state index in [1.54, 1.807) is 17.0 Å². The highest BCUT2D eigenvalue weighted by Crippen LogP contribution is 2.25. The fourth-order valence-electron chi connectivity index (χ4n) is 3.60. The minimum absolute atomic E-state index is 0.0840. The largest absolute Gasteiger partial charge is 0.459 e. The van der Waals surface area contributed by atoms with Gasteiger partial charge in [-0.15, -0.1) is 0 Å². The quantitative estimate of drug-likeness (QED) is 0.658. The molecule has 6 heteroatoms. The molecule has 0 aliphatic carbocycles. The summed E-state index contributed by atoms with van der Waals surface area (Å²) in [4.78, 5) is 26.9. The number of anilines is 1. The van der Waals surface area contributed by atoms with E-state index in [9.17, 15) is 9.59 Å². The topological polar surface area (TPSA) is 71.8 Å². The van der Waals surface area contributed by atoms with Crippen LogP contribution < -0.4 is 10.1 Å². The number of hydrogen-bond donors (Lipinski definition) is 1. The van der Waals surface area contributed by atoms with Crippen LogP contribution in [-0.4, -0.2) is 29.8 Å². The summed E-state index contributed by atoms with van der Waals surface area (Å²) in [6.07, 6.45) is 3.02. The number of aryl methyl sites for hydroxylation is 1. The van der Waals surface area contributed by atoms with E-state index in [1.165, 1.54) is 6.26 Å². The Morgan fingerprint density at radius 3 is 2.63 bits per heavy atom. The molecule has 2 aromatic carbocycles. The van der Waals surface area contributed by atoms with Gasteiger partial charge in [-0.3, -0.25) is 9.59 Å². The maximum atomic E-state index is 12.7. The first-order valence-electron chi connectivity index (χ1n) is 10.1. The van der Waals surface area contributed by atoms with Crippen molar-refractivity contribution in [3.63, 3.8) is 0 Å². The van der Waals surface area contributed by atoms with Crippen molar-refractivity contribution in [1.82, 2.24) is 4.90 Å². The molecular formula is C24H24N2O4. The molecule has 154 valence electrons. The molecule has 3 aromatic rings. The number of rotatable bonds is 5. The molecule has 1 aliphatic heterocycles. The van der Waals surface area contributed by atoms with E-state index >= 15 is 0 Å². The molecule has 2 amide bonds. The lowest BCUT2D eigenvalue weighted by atomic mass is 9.96. The van der Waals surface area contributed by atoms with Crippen LogP contribution in [0.1, 0.15) is 29.0 Å². The van der Waals surface area contributed by atoms with Gasteiger partial charge in [0.2, 0.25) is 5.91 Å². The van der Waals surface area contributed by atoms with E-state index in [0.717, 1.165) is 24.2 Å². The second-order valence-corrected chi connectivity index (χ2v) is 7.50. The second-order valence-electron chi connectivity index (χ2n) is 7.50. The lowest BCUT2D eigenvalue weighted by Gasteiger charge is -2.31. The summed E-state index contributed by atoms with van der Waals surface area (Å²) in [5.74, 6) is 1.28. The van der Waals surface area contributed by atoms with Crippen LogP contribution in [0.4, 0.5) is 5.69 Å². The maximum absolute atomic E-state index is 12.7. The Labute approximate surface area is 175 Å². The fourth-order valence-corrected chi connectivity index (χ4v) is 3.60. The lowest BCUT2D eigenvalue weighted by Crippen LogP contribution is -2.43. The zero-order chi connectivity index (χ0) is 20.9. The van der Waals surface area contributed by atoms with Crippen molar-refractivity contribution >= 4 is 17.5 Å². The van der Waals surface area contributed by atoms with Crippen LogP contribution in [0.5, 0.6) is 11.5 Å². The highest BCUT2D eigenvalue weighted by molar-refractivity contribution is 5.95. The summed E-state index contributed by atoms with van der Waals surface area (Å²) >= 11 is 0. The van der Waals surface area contributed by atoms with Gasteiger partial charge in [-0.1, -0.05) is 12.1 Å². The van der Waals surface area contributed by atoms with Crippen LogP contribution in [-0.2, 0) is 4.79 Å². The summed E-state index contributed by atoms with van der Waals surface area (Å²) in [7, 11) is 0. The van der Waals surface area contributed by atoms with Crippen molar-refractivity contribution in [2.75, 3.05) is 18.4 Å². The summed E-state index contributed by atoms with van der Waals surface area (Å²) in [5.41, 5.74) is 1.83. The number of ether oxygens (including phenoxy) is 1. The number of benzene rings is 2. The number of hydrogen-bond acceptors (Lipinski definition) is 4. The molecular weight excluding hydrogens is 380 g/mol. The summed E-state index contributed by atoms with van der Waals surface area (Å²) < 4.78 is 11.0. The number of likely N-dealkylation sites (tertiary alicyclic amines) is 1. The number of nitrogens with zero attached hydrogens (tertiary/aromatic N) is 1. The summed E-state index contributed by atoms with van der Waals surface area (Å²) in [6.45, 7) is 3.04. The monoisotopic (exact) mass is 404 g/mol. The number of furan rings is 1. The van der Waals surface area contributed by atoms with E-state index in [0.29, 0.717) is 30.3 Å². The van der Waals surface area contributed by atoms with E-state index in [2.05, 4.69) is 5.32 Å². The molecule has 2 heterocycles. The van der Waals surface area contributed by atoms with Crippen LogP contribution in [0.15, 0.2) is 71.3 Å². The average molecular weight is 404 g/mol. The molecule has 1 aromatic heterocycles. The first kappa shape index (κ1) is 19.8. The zero-order valence-corrected chi connectivity index (χ0v) is 16.8. The van der Waals surface area contributed by atoms with Crippen molar-refractivity contribution in [3.8, 4) is 11.5 Å². The third-order valence-corrected chi connectivity index (χ3v) is 5.16. The molecule has 6 nitrogen and oxygen atoms in total. The molecule has 1 aliphatic rings. The molecule has 0 spiro atoms. The molecule has 0 saturated carbocycles. The van der Waals surface area contributed by atoms with Crippen LogP contribution >= 0.6 is 0 Å². The van der Waals surface area contributed by atoms with Crippen LogP contribution in [0, 0.1) is 12.8 Å². The molecule has 1 fully saturated rings. The van der Waals surface area contributed by atoms with Gasteiger partial charge in [0.05, 0.1) is 12.2 Å². The Morgan fingerprint density at radius 2 is 1.90 bits per heavy atom. The highest BCUT2D eigenvalue weighted by atomic mass is 16.5. The minimum Gasteiger partial charge on any atom is -0.459 e. The number of carbonyl (C=O) groups is 2. The summed E-state index contributed by atoms with van der Waals surface area (Å²) in [5, 5.41) is 2.95. The number of carbonyl (C=O) groups excluding carboxylic acids is 2. The van der Waals surface area contributed by atoms with E-state index in [4.69, 9.17) is 9.15 Å². The van der Waals surface area contributed by atoms with Crippen LogP contribution in [0.25, 0.3) is 0 Å². The van der Waals surface area contributed by atoms with Crippen molar-refractivity contribution in [2.45, 2.75) is 19.8 Å².